The number of benzene rings is 1. The van der Waals surface area contributed by atoms with Gasteiger partial charge in [-0.1, -0.05) is 0 Å². The van der Waals surface area contributed by atoms with Crippen LogP contribution in [0.15, 0.2) is 22.7 Å². The van der Waals surface area contributed by atoms with Crippen LogP contribution in [0.2, 0.25) is 0 Å². The summed E-state index contributed by atoms with van der Waals surface area (Å²) < 4.78 is 25.1. The summed E-state index contributed by atoms with van der Waals surface area (Å²) in [4.78, 5) is 14.2. The second-order valence-corrected chi connectivity index (χ2v) is 6.99. The van der Waals surface area contributed by atoms with E-state index in [-0.39, 0.29) is 12.5 Å². The molecular formula is C17H20BBrFN3O3. The van der Waals surface area contributed by atoms with E-state index in [1.165, 1.54) is 17.9 Å². The zero-order valence-electron chi connectivity index (χ0n) is 14.9. The van der Waals surface area contributed by atoms with Gasteiger partial charge in [0, 0.05) is 14.2 Å². The number of carbonyl (C=O) groups excluding carboxylic acids is 1. The van der Waals surface area contributed by atoms with Gasteiger partial charge in [-0.15, -0.1) is 0 Å². The van der Waals surface area contributed by atoms with Gasteiger partial charge in [0.15, 0.2) is 0 Å². The molecule has 2 heterocycles. The summed E-state index contributed by atoms with van der Waals surface area (Å²) in [6.07, 6.45) is 0.488. The molecule has 1 aromatic carbocycles. The van der Waals surface area contributed by atoms with Gasteiger partial charge < -0.3 is 4.74 Å². The molecule has 0 radical (unpaired) electrons. The number of carbonyl (C=O) groups is 1. The molecule has 1 amide bonds. The van der Waals surface area contributed by atoms with Crippen molar-refractivity contribution in [3.63, 3.8) is 0 Å². The van der Waals surface area contributed by atoms with Gasteiger partial charge in [-0.2, -0.15) is 0 Å². The van der Waals surface area contributed by atoms with Gasteiger partial charge >= 0.3 is 142 Å². The molecule has 0 saturated carbocycles. The Balaban J connectivity index is 0.000000758. The molecule has 2 saturated heterocycles. The Kier molecular flexibility index (Phi) is 6.92. The molecule has 2 unspecified atom stereocenters. The molecule has 2 aliphatic rings. The third-order valence-corrected chi connectivity index (χ3v) is 4.92. The van der Waals surface area contributed by atoms with Crippen LogP contribution in [0, 0.1) is 23.0 Å². The fourth-order valence-electron chi connectivity index (χ4n) is 3.27. The van der Waals surface area contributed by atoms with Crippen molar-refractivity contribution >= 4 is 34.5 Å². The van der Waals surface area contributed by atoms with E-state index in [9.17, 15) is 9.18 Å². The molecular weight excluding hydrogens is 404 g/mol. The maximum absolute atomic E-state index is 14.5. The number of methoxy groups -OCH3 is 1. The summed E-state index contributed by atoms with van der Waals surface area (Å²) in [5.41, 5.74) is -0.307. The van der Waals surface area contributed by atoms with Crippen molar-refractivity contribution in [1.82, 2.24) is 10.2 Å². The van der Waals surface area contributed by atoms with Crippen molar-refractivity contribution in [3.8, 4) is 5.97 Å². The van der Waals surface area contributed by atoms with Crippen molar-refractivity contribution in [2.45, 2.75) is 12.0 Å². The van der Waals surface area contributed by atoms with E-state index in [0.717, 1.165) is 0 Å². The number of amides is 1. The van der Waals surface area contributed by atoms with Crippen LogP contribution >= 0.6 is 15.9 Å². The van der Waals surface area contributed by atoms with Crippen LogP contribution in [0.3, 0.4) is 0 Å². The molecule has 0 bridgehead atoms. The molecule has 26 heavy (non-hydrogen) atoms. The van der Waals surface area contributed by atoms with Gasteiger partial charge in [-0.05, 0) is 0 Å². The number of nitriles is 1. The van der Waals surface area contributed by atoms with Crippen molar-refractivity contribution in [1.29, 1.82) is 5.26 Å². The predicted octanol–water partition coefficient (Wildman–Crippen LogP) is 1.42. The molecule has 9 heteroatoms. The topological polar surface area (TPSA) is 74.6 Å². The van der Waals surface area contributed by atoms with E-state index in [2.05, 4.69) is 26.0 Å². The second-order valence-electron chi connectivity index (χ2n) is 6.08. The summed E-state index contributed by atoms with van der Waals surface area (Å²) in [5.74, 6) is 0.901. The second kappa shape index (κ2) is 8.76. The van der Waals surface area contributed by atoms with Crippen LogP contribution < -0.4 is 5.32 Å². The molecule has 2 atom stereocenters. The smallest absolute Gasteiger partial charge is 0.0351 e. The minimum absolute atomic E-state index is 0.145. The van der Waals surface area contributed by atoms with E-state index >= 15 is 0 Å². The quantitative estimate of drug-likeness (QED) is 0.691. The number of nitrogens with zero attached hydrogens (tertiary/aromatic N) is 2. The molecule has 2 aliphatic heterocycles. The minimum Gasteiger partial charge on any atom is -0.388 e. The van der Waals surface area contributed by atoms with Crippen molar-refractivity contribution in [2.75, 3.05) is 34.5 Å². The maximum atomic E-state index is 14.5. The van der Waals surface area contributed by atoms with E-state index in [1.807, 2.05) is 5.97 Å². The van der Waals surface area contributed by atoms with Crippen LogP contribution in [0.25, 0.3) is 0 Å². The minimum atomic E-state index is -1.02. The number of rotatable bonds is 1. The normalized spacial score (nSPS) is 26.0. The average Bonchev–Trinajstić information content (AvgIpc) is 2.62. The monoisotopic (exact) mass is 423 g/mol. The Bertz CT molecular complexity index is 755. The summed E-state index contributed by atoms with van der Waals surface area (Å²) in [6, 6.07) is 4.63. The molecule has 1 aromatic rings. The van der Waals surface area contributed by atoms with Gasteiger partial charge in [0.2, 0.25) is 0 Å². The van der Waals surface area contributed by atoms with E-state index in [1.54, 1.807) is 33.4 Å². The number of fused-ring (bicyclic) bond motifs is 1. The number of nitrogens with one attached hydrogen (secondary N) is 1. The van der Waals surface area contributed by atoms with Crippen molar-refractivity contribution in [3.05, 3.63) is 34.1 Å². The standard InChI is InChI=1S/C15H14BBrFN3O2.C2H6O/c1-21-13(22)10-4-5-23-7-15(10,20-14(21)16-8-19)11-6-9(17)2-3-12(11)18;1-3-2/h2-3,6,10,20H,4-5,7H2,1H3;1-2H3. The predicted molar refractivity (Wildman–Crippen MR) is 99.9 cm³/mol. The first-order valence-corrected chi connectivity index (χ1v) is 8.79. The van der Waals surface area contributed by atoms with E-state index in [0.29, 0.717) is 28.8 Å². The van der Waals surface area contributed by atoms with Gasteiger partial charge in [0.25, 0.3) is 0 Å². The number of hydrogen-bond donors (Lipinski definition) is 1. The van der Waals surface area contributed by atoms with Crippen molar-refractivity contribution in [2.24, 2.45) is 5.92 Å². The third kappa shape index (κ3) is 3.82. The average molecular weight is 424 g/mol. The van der Waals surface area contributed by atoms with E-state index < -0.39 is 17.3 Å². The molecule has 2 fully saturated rings. The zero-order chi connectivity index (χ0) is 19.3. The largest absolute Gasteiger partial charge is 0.388 e. The molecule has 138 valence electrons. The molecule has 3 rings (SSSR count). The third-order valence-electron chi connectivity index (χ3n) is 4.43. The van der Waals surface area contributed by atoms with Crippen LogP contribution in [0.5, 0.6) is 0 Å². The summed E-state index contributed by atoms with van der Waals surface area (Å²) >= 11 is 3.35. The first-order chi connectivity index (χ1) is 12.4. The summed E-state index contributed by atoms with van der Waals surface area (Å²) in [7, 11) is 4.86. The Morgan fingerprint density at radius 2 is 2.23 bits per heavy atom. The summed E-state index contributed by atoms with van der Waals surface area (Å²) in [5, 5.41) is 12.1. The van der Waals surface area contributed by atoms with Crippen molar-refractivity contribution < 1.29 is 18.7 Å². The fourth-order valence-corrected chi connectivity index (χ4v) is 3.63. The van der Waals surface area contributed by atoms with Gasteiger partial charge in [-0.3, -0.25) is 0 Å². The van der Waals surface area contributed by atoms with Crippen LogP contribution in [0.4, 0.5) is 4.39 Å². The Hall–Kier alpha value is -1.76. The van der Waals surface area contributed by atoms with E-state index in [4.69, 9.17) is 10.00 Å². The molecule has 0 aromatic heterocycles. The molecule has 6 nitrogen and oxygen atoms in total. The van der Waals surface area contributed by atoms with Gasteiger partial charge in [0.1, 0.15) is 0 Å². The van der Waals surface area contributed by atoms with Crippen LogP contribution in [-0.2, 0) is 19.8 Å². The summed E-state index contributed by atoms with van der Waals surface area (Å²) in [6.45, 7) is 1.86. The first kappa shape index (κ1) is 20.6. The Labute approximate surface area is 161 Å². The van der Waals surface area contributed by atoms with Crippen LogP contribution in [0.1, 0.15) is 12.0 Å². The van der Waals surface area contributed by atoms with Gasteiger partial charge in [0.05, 0.1) is 0 Å². The Morgan fingerprint density at radius 3 is 2.88 bits per heavy atom. The molecule has 0 spiro atoms. The fraction of sp³-hybridized carbons (Fsp3) is 0.471. The maximum Gasteiger partial charge on any atom is 0.0351 e. The number of halogens is 2. The van der Waals surface area contributed by atoms with Crippen LogP contribution in [-0.4, -0.2) is 57.9 Å². The molecule has 1 N–H and O–H groups in total. The molecule has 0 aliphatic carbocycles. The number of ether oxygens (including phenoxy) is 2. The Morgan fingerprint density at radius 1 is 1.54 bits per heavy atom. The number of hydrogen-bond acceptors (Lipinski definition) is 5. The SMILES string of the molecule is CN1C(=O)C2CCOCC2(c2cc(Br)ccc2F)NC1=BC#N.COC. The zero-order valence-corrected chi connectivity index (χ0v) is 16.5. The van der Waals surface area contributed by atoms with Gasteiger partial charge in [-0.25, -0.2) is 0 Å². The first-order valence-electron chi connectivity index (χ1n) is 8.00.